The third-order valence-electron chi connectivity index (χ3n) is 2.94. The van der Waals surface area contributed by atoms with Crippen molar-refractivity contribution in [1.82, 2.24) is 4.90 Å². The van der Waals surface area contributed by atoms with Gasteiger partial charge in [-0.15, -0.1) is 0 Å². The maximum absolute atomic E-state index is 11.5. The van der Waals surface area contributed by atoms with E-state index in [9.17, 15) is 9.59 Å². The van der Waals surface area contributed by atoms with Crippen molar-refractivity contribution in [3.05, 3.63) is 0 Å². The van der Waals surface area contributed by atoms with E-state index in [1.165, 1.54) is 0 Å². The number of amides is 1. The molecule has 1 heterocycles. The van der Waals surface area contributed by atoms with Crippen LogP contribution in [0.4, 0.5) is 0 Å². The number of carbonyl (C=O) groups is 2. The van der Waals surface area contributed by atoms with Crippen molar-refractivity contribution in [1.29, 1.82) is 0 Å². The molecule has 1 atom stereocenters. The van der Waals surface area contributed by atoms with Gasteiger partial charge in [0.25, 0.3) is 0 Å². The Morgan fingerprint density at radius 2 is 2.15 bits per heavy atom. The first-order valence-corrected chi connectivity index (χ1v) is 5.00. The van der Waals surface area contributed by atoms with Crippen LogP contribution in [0.25, 0.3) is 0 Å². The number of hydrogen-bond donors (Lipinski definition) is 0. The Morgan fingerprint density at radius 1 is 1.46 bits per heavy atom. The zero-order valence-electron chi connectivity index (χ0n) is 7.95. The molecule has 1 aliphatic carbocycles. The quantitative estimate of drug-likeness (QED) is 0.646. The largest absolute Gasteiger partial charge is 0.335 e. The van der Waals surface area contributed by atoms with Gasteiger partial charge in [0.05, 0.1) is 6.54 Å². The van der Waals surface area contributed by atoms with Crippen LogP contribution in [-0.2, 0) is 9.59 Å². The standard InChI is InChI=1S/C10H15NO2/c1-7-4-5-11(10(7)13)6-9(12)8-2-3-8/h7-8H,2-6H2,1H3. The van der Waals surface area contributed by atoms with Crippen molar-refractivity contribution < 1.29 is 9.59 Å². The topological polar surface area (TPSA) is 37.4 Å². The molecule has 1 aliphatic heterocycles. The van der Waals surface area contributed by atoms with Crippen molar-refractivity contribution in [2.45, 2.75) is 26.2 Å². The lowest BCUT2D eigenvalue weighted by molar-refractivity contribution is -0.134. The van der Waals surface area contributed by atoms with Crippen LogP contribution in [-0.4, -0.2) is 29.7 Å². The van der Waals surface area contributed by atoms with Gasteiger partial charge >= 0.3 is 0 Å². The van der Waals surface area contributed by atoms with E-state index in [4.69, 9.17) is 0 Å². The molecule has 1 saturated heterocycles. The Labute approximate surface area is 78.1 Å². The first kappa shape index (κ1) is 8.73. The van der Waals surface area contributed by atoms with Crippen LogP contribution in [0.15, 0.2) is 0 Å². The molecule has 0 aromatic rings. The number of rotatable bonds is 3. The molecule has 3 nitrogen and oxygen atoms in total. The van der Waals surface area contributed by atoms with Crippen molar-refractivity contribution in [3.63, 3.8) is 0 Å². The Balaban J connectivity index is 1.87. The number of carbonyl (C=O) groups excluding carboxylic acids is 2. The summed E-state index contributed by atoms with van der Waals surface area (Å²) in [5, 5.41) is 0. The molecule has 3 heteroatoms. The Morgan fingerprint density at radius 3 is 2.62 bits per heavy atom. The highest BCUT2D eigenvalue weighted by Crippen LogP contribution is 2.30. The van der Waals surface area contributed by atoms with E-state index in [1.54, 1.807) is 4.90 Å². The fourth-order valence-corrected chi connectivity index (χ4v) is 1.77. The van der Waals surface area contributed by atoms with Crippen LogP contribution >= 0.6 is 0 Å². The molecule has 0 spiro atoms. The molecule has 0 N–H and O–H groups in total. The van der Waals surface area contributed by atoms with Crippen LogP contribution in [0, 0.1) is 11.8 Å². The number of nitrogens with zero attached hydrogens (tertiary/aromatic N) is 1. The van der Waals surface area contributed by atoms with Crippen molar-refractivity contribution in [3.8, 4) is 0 Å². The van der Waals surface area contributed by atoms with Gasteiger partial charge in [0.2, 0.25) is 5.91 Å². The van der Waals surface area contributed by atoms with Gasteiger partial charge in [0.15, 0.2) is 5.78 Å². The second-order valence-electron chi connectivity index (χ2n) is 4.19. The Kier molecular flexibility index (Phi) is 2.10. The van der Waals surface area contributed by atoms with E-state index in [1.807, 2.05) is 6.92 Å². The Hall–Kier alpha value is -0.860. The van der Waals surface area contributed by atoms with Gasteiger partial charge < -0.3 is 4.90 Å². The summed E-state index contributed by atoms with van der Waals surface area (Å²) in [6.45, 7) is 3.08. The van der Waals surface area contributed by atoms with Crippen molar-refractivity contribution >= 4 is 11.7 Å². The summed E-state index contributed by atoms with van der Waals surface area (Å²) in [5.41, 5.74) is 0. The molecular weight excluding hydrogens is 166 g/mol. The number of likely N-dealkylation sites (tertiary alicyclic amines) is 1. The van der Waals surface area contributed by atoms with Crippen LogP contribution in [0.5, 0.6) is 0 Å². The monoisotopic (exact) mass is 181 g/mol. The number of hydrogen-bond acceptors (Lipinski definition) is 2. The molecule has 0 bridgehead atoms. The molecule has 2 rings (SSSR count). The maximum Gasteiger partial charge on any atom is 0.225 e. The molecule has 2 fully saturated rings. The average molecular weight is 181 g/mol. The molecule has 0 aromatic heterocycles. The first-order chi connectivity index (χ1) is 6.18. The van der Waals surface area contributed by atoms with Gasteiger partial charge in [-0.25, -0.2) is 0 Å². The third kappa shape index (κ3) is 1.74. The summed E-state index contributed by atoms with van der Waals surface area (Å²) in [7, 11) is 0. The van der Waals surface area contributed by atoms with E-state index in [0.29, 0.717) is 6.54 Å². The normalized spacial score (nSPS) is 28.2. The van der Waals surface area contributed by atoms with Gasteiger partial charge in [0.1, 0.15) is 0 Å². The minimum Gasteiger partial charge on any atom is -0.335 e. The molecule has 2 aliphatic rings. The molecule has 1 saturated carbocycles. The summed E-state index contributed by atoms with van der Waals surface area (Å²) in [5.74, 6) is 0.840. The van der Waals surface area contributed by atoms with E-state index in [2.05, 4.69) is 0 Å². The fourth-order valence-electron chi connectivity index (χ4n) is 1.77. The minimum absolute atomic E-state index is 0.131. The Bertz CT molecular complexity index is 245. The lowest BCUT2D eigenvalue weighted by Gasteiger charge is -2.14. The van der Waals surface area contributed by atoms with Crippen LogP contribution in [0.2, 0.25) is 0 Å². The predicted octanol–water partition coefficient (Wildman–Crippen LogP) is 0.834. The minimum atomic E-state index is 0.131. The molecule has 1 amide bonds. The highest BCUT2D eigenvalue weighted by atomic mass is 16.2. The molecule has 13 heavy (non-hydrogen) atoms. The number of ketones is 1. The molecule has 72 valence electrons. The molecule has 0 radical (unpaired) electrons. The van der Waals surface area contributed by atoms with Gasteiger partial charge in [-0.3, -0.25) is 9.59 Å². The van der Waals surface area contributed by atoms with E-state index in [0.717, 1.165) is 25.8 Å². The average Bonchev–Trinajstić information content (AvgIpc) is 2.89. The zero-order chi connectivity index (χ0) is 9.42. The van der Waals surface area contributed by atoms with Crippen LogP contribution in [0.3, 0.4) is 0 Å². The fraction of sp³-hybridized carbons (Fsp3) is 0.800. The summed E-state index contributed by atoms with van der Waals surface area (Å²) in [6, 6.07) is 0. The van der Waals surface area contributed by atoms with E-state index in [-0.39, 0.29) is 23.5 Å². The van der Waals surface area contributed by atoms with Gasteiger partial charge in [0, 0.05) is 18.4 Å². The van der Waals surface area contributed by atoms with E-state index < -0.39 is 0 Å². The smallest absolute Gasteiger partial charge is 0.225 e. The van der Waals surface area contributed by atoms with E-state index >= 15 is 0 Å². The summed E-state index contributed by atoms with van der Waals surface area (Å²) in [4.78, 5) is 24.6. The predicted molar refractivity (Wildman–Crippen MR) is 48.1 cm³/mol. The summed E-state index contributed by atoms with van der Waals surface area (Å²) < 4.78 is 0. The zero-order valence-corrected chi connectivity index (χ0v) is 7.95. The summed E-state index contributed by atoms with van der Waals surface area (Å²) in [6.07, 6.45) is 2.99. The van der Waals surface area contributed by atoms with Crippen molar-refractivity contribution in [2.24, 2.45) is 11.8 Å². The van der Waals surface area contributed by atoms with Gasteiger partial charge in [-0.1, -0.05) is 6.92 Å². The number of Topliss-reactive ketones (excluding diaryl/α,β-unsaturated/α-hetero) is 1. The van der Waals surface area contributed by atoms with Gasteiger partial charge in [-0.05, 0) is 19.3 Å². The lowest BCUT2D eigenvalue weighted by atomic mass is 10.1. The lowest BCUT2D eigenvalue weighted by Crippen LogP contribution is -2.32. The van der Waals surface area contributed by atoms with Crippen molar-refractivity contribution in [2.75, 3.05) is 13.1 Å². The molecule has 1 unspecified atom stereocenters. The SMILES string of the molecule is CC1CCN(CC(=O)C2CC2)C1=O. The van der Waals surface area contributed by atoms with Crippen LogP contribution in [0.1, 0.15) is 26.2 Å². The second kappa shape index (κ2) is 3.13. The molecule has 0 aromatic carbocycles. The highest BCUT2D eigenvalue weighted by Gasteiger charge is 2.34. The first-order valence-electron chi connectivity index (χ1n) is 5.00. The van der Waals surface area contributed by atoms with Gasteiger partial charge in [-0.2, -0.15) is 0 Å². The maximum atomic E-state index is 11.5. The highest BCUT2D eigenvalue weighted by molar-refractivity contribution is 5.90. The van der Waals surface area contributed by atoms with Crippen LogP contribution < -0.4 is 0 Å². The molecular formula is C10H15NO2. The second-order valence-corrected chi connectivity index (χ2v) is 4.19. The third-order valence-corrected chi connectivity index (χ3v) is 2.94. The summed E-state index contributed by atoms with van der Waals surface area (Å²) >= 11 is 0.